The number of rotatable bonds is 4. The zero-order valence-electron chi connectivity index (χ0n) is 7.19. The highest BCUT2D eigenvalue weighted by molar-refractivity contribution is 6.37. The van der Waals surface area contributed by atoms with E-state index in [-0.39, 0.29) is 0 Å². The number of benzene rings is 1. The molecule has 1 aromatic carbocycles. The van der Waals surface area contributed by atoms with Crippen molar-refractivity contribution in [2.24, 2.45) is 0 Å². The third-order valence-electron chi connectivity index (χ3n) is 1.36. The van der Waals surface area contributed by atoms with Gasteiger partial charge < -0.3 is 13.3 Å². The van der Waals surface area contributed by atoms with Crippen LogP contribution in [0.2, 0.25) is 0 Å². The first-order chi connectivity index (χ1) is 5.86. The van der Waals surface area contributed by atoms with Gasteiger partial charge in [0.15, 0.2) is 0 Å². The van der Waals surface area contributed by atoms with Crippen LogP contribution in [-0.2, 0) is 8.85 Å². The largest absolute Gasteiger partial charge is 0.549 e. The molecule has 0 radical (unpaired) electrons. The molecule has 0 atom stereocenters. The van der Waals surface area contributed by atoms with E-state index < -0.39 is 9.53 Å². The smallest absolute Gasteiger partial charge is 0.503 e. The fraction of sp³-hybridized carbons (Fsp3) is 0.250. The van der Waals surface area contributed by atoms with Crippen molar-refractivity contribution in [3.8, 4) is 5.75 Å². The Labute approximate surface area is 73.8 Å². The molecule has 0 aliphatic rings. The Morgan fingerprint density at radius 1 is 1.00 bits per heavy atom. The van der Waals surface area contributed by atoms with Crippen LogP contribution in [-0.4, -0.2) is 23.7 Å². The minimum Gasteiger partial charge on any atom is -0.503 e. The van der Waals surface area contributed by atoms with E-state index >= 15 is 0 Å². The lowest BCUT2D eigenvalue weighted by molar-refractivity contribution is 0.201. The summed E-state index contributed by atoms with van der Waals surface area (Å²) in [4.78, 5) is 0. The SMILES string of the molecule is CO[SiH](OC)Oc1ccccc1. The van der Waals surface area contributed by atoms with Gasteiger partial charge in [0.25, 0.3) is 0 Å². The Morgan fingerprint density at radius 3 is 2.08 bits per heavy atom. The van der Waals surface area contributed by atoms with Crippen LogP contribution in [0.5, 0.6) is 5.75 Å². The molecule has 0 amide bonds. The Bertz CT molecular complexity index is 211. The van der Waals surface area contributed by atoms with E-state index in [2.05, 4.69) is 0 Å². The molecule has 0 bridgehead atoms. The minimum atomic E-state index is -1.92. The summed E-state index contributed by atoms with van der Waals surface area (Å²) in [7, 11) is 1.25. The molecule has 0 aliphatic heterocycles. The van der Waals surface area contributed by atoms with Crippen molar-refractivity contribution in [1.82, 2.24) is 0 Å². The van der Waals surface area contributed by atoms with E-state index in [1.54, 1.807) is 14.2 Å². The molecule has 0 unspecified atom stereocenters. The molecule has 0 heterocycles. The summed E-state index contributed by atoms with van der Waals surface area (Å²) in [6.07, 6.45) is 0. The standard InChI is InChI=1S/C8H12O3Si/c1-9-12(10-2)11-8-6-4-3-5-7-8/h3-7,12H,1-2H3. The van der Waals surface area contributed by atoms with E-state index in [1.807, 2.05) is 30.3 Å². The second kappa shape index (κ2) is 4.92. The molecular formula is C8H12O3Si. The maximum atomic E-state index is 5.41. The minimum absolute atomic E-state index is 0.790. The molecule has 3 nitrogen and oxygen atoms in total. The number of para-hydroxylation sites is 1. The van der Waals surface area contributed by atoms with Crippen molar-refractivity contribution in [2.45, 2.75) is 0 Å². The molecule has 66 valence electrons. The van der Waals surface area contributed by atoms with E-state index in [0.717, 1.165) is 5.75 Å². The molecule has 4 heteroatoms. The Morgan fingerprint density at radius 2 is 1.58 bits per heavy atom. The molecular weight excluding hydrogens is 172 g/mol. The van der Waals surface area contributed by atoms with Gasteiger partial charge in [-0.25, -0.2) is 0 Å². The maximum absolute atomic E-state index is 5.41. The van der Waals surface area contributed by atoms with Gasteiger partial charge >= 0.3 is 9.53 Å². The fourth-order valence-corrected chi connectivity index (χ4v) is 1.57. The summed E-state index contributed by atoms with van der Waals surface area (Å²) >= 11 is 0. The fourth-order valence-electron chi connectivity index (χ4n) is 0.803. The van der Waals surface area contributed by atoms with Crippen LogP contribution in [0.3, 0.4) is 0 Å². The van der Waals surface area contributed by atoms with Crippen LogP contribution >= 0.6 is 0 Å². The summed E-state index contributed by atoms with van der Waals surface area (Å²) in [6.45, 7) is 0. The van der Waals surface area contributed by atoms with E-state index in [1.165, 1.54) is 0 Å². The quantitative estimate of drug-likeness (QED) is 0.655. The highest BCUT2D eigenvalue weighted by atomic mass is 28.3. The summed E-state index contributed by atoms with van der Waals surface area (Å²) in [5, 5.41) is 0. The van der Waals surface area contributed by atoms with Gasteiger partial charge in [-0.1, -0.05) is 18.2 Å². The first kappa shape index (κ1) is 9.25. The predicted octanol–water partition coefficient (Wildman–Crippen LogP) is 1.08. The molecule has 12 heavy (non-hydrogen) atoms. The summed E-state index contributed by atoms with van der Waals surface area (Å²) in [5.74, 6) is 0.790. The van der Waals surface area contributed by atoms with Crippen molar-refractivity contribution < 1.29 is 13.3 Å². The monoisotopic (exact) mass is 184 g/mol. The molecule has 1 rings (SSSR count). The second-order valence-electron chi connectivity index (χ2n) is 2.19. The average molecular weight is 184 g/mol. The Kier molecular flexibility index (Phi) is 3.79. The highest BCUT2D eigenvalue weighted by Gasteiger charge is 2.11. The summed E-state index contributed by atoms with van der Waals surface area (Å²) in [5.41, 5.74) is 0. The number of hydrogen-bond acceptors (Lipinski definition) is 3. The zero-order chi connectivity index (χ0) is 8.81. The lowest BCUT2D eigenvalue weighted by Crippen LogP contribution is -2.27. The van der Waals surface area contributed by atoms with Gasteiger partial charge in [0.05, 0.1) is 0 Å². The first-order valence-electron chi connectivity index (χ1n) is 3.64. The summed E-state index contributed by atoms with van der Waals surface area (Å²) < 4.78 is 15.4. The topological polar surface area (TPSA) is 27.7 Å². The molecule has 0 aliphatic carbocycles. The molecule has 0 spiro atoms. The summed E-state index contributed by atoms with van der Waals surface area (Å²) in [6, 6.07) is 9.50. The maximum Gasteiger partial charge on any atom is 0.549 e. The second-order valence-corrected chi connectivity index (χ2v) is 3.95. The van der Waals surface area contributed by atoms with Crippen molar-refractivity contribution in [3.63, 3.8) is 0 Å². The van der Waals surface area contributed by atoms with Gasteiger partial charge in [-0.3, -0.25) is 0 Å². The van der Waals surface area contributed by atoms with Gasteiger partial charge in [0.2, 0.25) is 0 Å². The molecule has 0 saturated carbocycles. The van der Waals surface area contributed by atoms with Crippen molar-refractivity contribution in [1.29, 1.82) is 0 Å². The molecule has 0 fully saturated rings. The van der Waals surface area contributed by atoms with E-state index in [9.17, 15) is 0 Å². The van der Waals surface area contributed by atoms with Gasteiger partial charge in [0, 0.05) is 14.2 Å². The first-order valence-corrected chi connectivity index (χ1v) is 5.05. The van der Waals surface area contributed by atoms with Gasteiger partial charge in [-0.15, -0.1) is 0 Å². The molecule has 1 aromatic rings. The third kappa shape index (κ3) is 2.65. The molecule has 0 saturated heterocycles. The molecule has 0 aromatic heterocycles. The normalized spacial score (nSPS) is 10.2. The zero-order valence-corrected chi connectivity index (χ0v) is 8.34. The lowest BCUT2D eigenvalue weighted by atomic mass is 10.3. The highest BCUT2D eigenvalue weighted by Crippen LogP contribution is 2.09. The number of hydrogen-bond donors (Lipinski definition) is 0. The van der Waals surface area contributed by atoms with Gasteiger partial charge in [-0.05, 0) is 12.1 Å². The van der Waals surface area contributed by atoms with E-state index in [4.69, 9.17) is 13.3 Å². The van der Waals surface area contributed by atoms with Gasteiger partial charge in [0.1, 0.15) is 5.75 Å². The third-order valence-corrected chi connectivity index (χ3v) is 2.59. The average Bonchev–Trinajstić information content (AvgIpc) is 2.16. The van der Waals surface area contributed by atoms with E-state index in [0.29, 0.717) is 0 Å². The molecule has 0 N–H and O–H groups in total. The predicted molar refractivity (Wildman–Crippen MR) is 48.2 cm³/mol. The Balaban J connectivity index is 2.51. The van der Waals surface area contributed by atoms with Crippen molar-refractivity contribution in [2.75, 3.05) is 14.2 Å². The van der Waals surface area contributed by atoms with Gasteiger partial charge in [-0.2, -0.15) is 0 Å². The van der Waals surface area contributed by atoms with Crippen molar-refractivity contribution >= 4 is 9.53 Å². The van der Waals surface area contributed by atoms with Crippen LogP contribution in [0.15, 0.2) is 30.3 Å². The lowest BCUT2D eigenvalue weighted by Gasteiger charge is -2.12. The van der Waals surface area contributed by atoms with Crippen LogP contribution in [0.1, 0.15) is 0 Å². The van der Waals surface area contributed by atoms with Crippen LogP contribution in [0, 0.1) is 0 Å². The van der Waals surface area contributed by atoms with Crippen LogP contribution < -0.4 is 4.43 Å². The van der Waals surface area contributed by atoms with Crippen molar-refractivity contribution in [3.05, 3.63) is 30.3 Å². The Hall–Kier alpha value is -0.843. The van der Waals surface area contributed by atoms with Crippen LogP contribution in [0.4, 0.5) is 0 Å². The van der Waals surface area contributed by atoms with Crippen LogP contribution in [0.25, 0.3) is 0 Å².